The topological polar surface area (TPSA) is 77.0 Å². The number of halogens is 3. The van der Waals surface area contributed by atoms with Crippen molar-refractivity contribution in [3.8, 4) is 0 Å². The van der Waals surface area contributed by atoms with E-state index in [0.29, 0.717) is 51.0 Å². The number of rotatable bonds is 6. The summed E-state index contributed by atoms with van der Waals surface area (Å²) in [6.07, 6.45) is 3.06. The Kier molecular flexibility index (Phi) is 6.21. The van der Waals surface area contributed by atoms with Gasteiger partial charge >= 0.3 is 6.18 Å². The number of hydrogen-bond acceptors (Lipinski definition) is 5. The van der Waals surface area contributed by atoms with Crippen molar-refractivity contribution in [1.82, 2.24) is 24.6 Å². The molecule has 1 amide bonds. The third kappa shape index (κ3) is 4.63. The average molecular weight is 449 g/mol. The molecule has 1 atom stereocenters. The summed E-state index contributed by atoms with van der Waals surface area (Å²) in [6.45, 7) is 5.18. The van der Waals surface area contributed by atoms with Crippen LogP contribution in [0.2, 0.25) is 0 Å². The molecule has 7 nitrogen and oxygen atoms in total. The molecule has 4 rings (SSSR count). The highest BCUT2D eigenvalue weighted by Crippen LogP contribution is 2.40. The zero-order valence-corrected chi connectivity index (χ0v) is 18.1. The zero-order chi connectivity index (χ0) is 22.9. The molecule has 4 heterocycles. The number of pyridine rings is 1. The SMILES string of the molecule is CC(C)c1cc(C(F)(F)F)c2c(C3CCCN(C(=O)CCCn4ccnc4)C3)noc2n1. The molecular weight excluding hydrogens is 423 g/mol. The van der Waals surface area contributed by atoms with E-state index in [2.05, 4.69) is 15.1 Å². The molecule has 3 aromatic heterocycles. The van der Waals surface area contributed by atoms with Gasteiger partial charge < -0.3 is 14.0 Å². The summed E-state index contributed by atoms with van der Waals surface area (Å²) in [7, 11) is 0. The first-order valence-corrected chi connectivity index (χ1v) is 10.8. The lowest BCUT2D eigenvalue weighted by Crippen LogP contribution is -2.39. The molecule has 0 spiro atoms. The normalized spacial score (nSPS) is 17.4. The first-order chi connectivity index (χ1) is 15.2. The summed E-state index contributed by atoms with van der Waals surface area (Å²) in [5.74, 6) is -0.506. The molecule has 0 N–H and O–H groups in total. The summed E-state index contributed by atoms with van der Waals surface area (Å²) in [5, 5.41) is 3.92. The molecule has 3 aromatic rings. The first-order valence-electron chi connectivity index (χ1n) is 10.8. The van der Waals surface area contributed by atoms with Crippen LogP contribution in [-0.4, -0.2) is 43.6 Å². The van der Waals surface area contributed by atoms with Crippen molar-refractivity contribution in [3.05, 3.63) is 41.7 Å². The zero-order valence-electron chi connectivity index (χ0n) is 18.1. The summed E-state index contributed by atoms with van der Waals surface area (Å²) < 4.78 is 48.8. The van der Waals surface area contributed by atoms with Gasteiger partial charge in [0.2, 0.25) is 5.91 Å². The Bertz CT molecular complexity index is 1080. The lowest BCUT2D eigenvalue weighted by Gasteiger charge is -2.32. The van der Waals surface area contributed by atoms with Crippen molar-refractivity contribution in [2.24, 2.45) is 0 Å². The fourth-order valence-electron chi connectivity index (χ4n) is 4.21. The van der Waals surface area contributed by atoms with Crippen LogP contribution in [-0.2, 0) is 17.5 Å². The molecule has 1 fully saturated rings. The molecule has 0 aliphatic carbocycles. The second-order valence-electron chi connectivity index (χ2n) is 8.58. The van der Waals surface area contributed by atoms with Crippen LogP contribution in [0.1, 0.15) is 68.3 Å². The van der Waals surface area contributed by atoms with Gasteiger partial charge in [-0.3, -0.25) is 4.79 Å². The summed E-state index contributed by atoms with van der Waals surface area (Å²) in [5.41, 5.74) is -0.314. The Morgan fingerprint density at radius 3 is 2.84 bits per heavy atom. The van der Waals surface area contributed by atoms with Gasteiger partial charge in [-0.15, -0.1) is 0 Å². The van der Waals surface area contributed by atoms with E-state index in [9.17, 15) is 18.0 Å². The minimum absolute atomic E-state index is 0.00104. The van der Waals surface area contributed by atoms with Crippen molar-refractivity contribution < 1.29 is 22.5 Å². The molecule has 0 radical (unpaired) electrons. The van der Waals surface area contributed by atoms with Crippen LogP contribution in [0.3, 0.4) is 0 Å². The maximum atomic E-state index is 13.9. The van der Waals surface area contributed by atoms with Crippen molar-refractivity contribution in [2.75, 3.05) is 13.1 Å². The molecule has 0 bridgehead atoms. The van der Waals surface area contributed by atoms with Gasteiger partial charge in [0, 0.05) is 50.1 Å². The van der Waals surface area contributed by atoms with Gasteiger partial charge in [-0.25, -0.2) is 9.97 Å². The number of aryl methyl sites for hydroxylation is 1. The Balaban J connectivity index is 1.54. The quantitative estimate of drug-likeness (QED) is 0.543. The fourth-order valence-corrected chi connectivity index (χ4v) is 4.21. The van der Waals surface area contributed by atoms with E-state index in [1.807, 2.05) is 10.8 Å². The van der Waals surface area contributed by atoms with Crippen molar-refractivity contribution in [1.29, 1.82) is 0 Å². The van der Waals surface area contributed by atoms with Crippen LogP contribution in [0.5, 0.6) is 0 Å². The van der Waals surface area contributed by atoms with E-state index in [0.717, 1.165) is 6.07 Å². The van der Waals surface area contributed by atoms with Crippen LogP contribution in [0, 0.1) is 0 Å². The van der Waals surface area contributed by atoms with Gasteiger partial charge in [-0.2, -0.15) is 13.2 Å². The Morgan fingerprint density at radius 1 is 1.34 bits per heavy atom. The number of piperidine rings is 1. The first kappa shape index (κ1) is 22.3. The fraction of sp³-hybridized carbons (Fsp3) is 0.545. The second-order valence-corrected chi connectivity index (χ2v) is 8.58. The number of imidazole rings is 1. The number of aromatic nitrogens is 4. The summed E-state index contributed by atoms with van der Waals surface area (Å²) in [6, 6.07) is 1.09. The molecule has 1 saturated heterocycles. The molecular formula is C22H26F3N5O2. The number of hydrogen-bond donors (Lipinski definition) is 0. The lowest BCUT2D eigenvalue weighted by atomic mass is 9.91. The highest BCUT2D eigenvalue weighted by Gasteiger charge is 2.38. The molecule has 0 aromatic carbocycles. The second kappa shape index (κ2) is 8.91. The Labute approximate surface area is 183 Å². The predicted octanol–water partition coefficient (Wildman–Crippen LogP) is 4.75. The monoisotopic (exact) mass is 449 g/mol. The van der Waals surface area contributed by atoms with E-state index in [-0.39, 0.29) is 34.5 Å². The van der Waals surface area contributed by atoms with Gasteiger partial charge in [0.05, 0.1) is 23.0 Å². The maximum Gasteiger partial charge on any atom is 0.417 e. The van der Waals surface area contributed by atoms with Crippen molar-refractivity contribution in [3.63, 3.8) is 0 Å². The molecule has 172 valence electrons. The number of alkyl halides is 3. The molecule has 32 heavy (non-hydrogen) atoms. The maximum absolute atomic E-state index is 13.9. The largest absolute Gasteiger partial charge is 0.417 e. The van der Waals surface area contributed by atoms with Crippen LogP contribution in [0.25, 0.3) is 11.1 Å². The van der Waals surface area contributed by atoms with Gasteiger partial charge in [0.1, 0.15) is 0 Å². The third-order valence-corrected chi connectivity index (χ3v) is 5.92. The van der Waals surface area contributed by atoms with Crippen molar-refractivity contribution in [2.45, 2.75) is 64.1 Å². The Morgan fingerprint density at radius 2 is 2.16 bits per heavy atom. The standard InChI is InChI=1S/C22H26F3N5O2/c1-14(2)17-11-16(22(23,24)25)19-20(28-32-21(19)27-17)15-5-3-9-30(12-15)18(31)6-4-8-29-10-7-26-13-29/h7,10-11,13-15H,3-6,8-9,12H2,1-2H3. The van der Waals surface area contributed by atoms with Crippen LogP contribution in [0.15, 0.2) is 29.3 Å². The molecule has 1 unspecified atom stereocenters. The van der Waals surface area contributed by atoms with Gasteiger partial charge in [-0.05, 0) is 31.2 Å². The molecule has 1 aliphatic heterocycles. The molecule has 10 heteroatoms. The van der Waals surface area contributed by atoms with Crippen LogP contribution < -0.4 is 0 Å². The molecule has 1 aliphatic rings. The van der Waals surface area contributed by atoms with Gasteiger partial charge in [0.25, 0.3) is 5.71 Å². The lowest BCUT2D eigenvalue weighted by molar-refractivity contribution is -0.136. The summed E-state index contributed by atoms with van der Waals surface area (Å²) >= 11 is 0. The van der Waals surface area contributed by atoms with Crippen LogP contribution >= 0.6 is 0 Å². The highest BCUT2D eigenvalue weighted by atomic mass is 19.4. The van der Waals surface area contributed by atoms with E-state index in [1.165, 1.54) is 0 Å². The number of likely N-dealkylation sites (tertiary alicyclic amines) is 1. The number of carbonyl (C=O) groups excluding carboxylic acids is 1. The number of amides is 1. The minimum Gasteiger partial charge on any atom is -0.342 e. The third-order valence-electron chi connectivity index (χ3n) is 5.92. The van der Waals surface area contributed by atoms with Crippen molar-refractivity contribution >= 4 is 17.0 Å². The van der Waals surface area contributed by atoms with E-state index in [1.54, 1.807) is 31.3 Å². The molecule has 0 saturated carbocycles. The number of carbonyl (C=O) groups is 1. The van der Waals surface area contributed by atoms with Crippen LogP contribution in [0.4, 0.5) is 13.2 Å². The highest BCUT2D eigenvalue weighted by molar-refractivity contribution is 5.82. The van der Waals surface area contributed by atoms with E-state index < -0.39 is 11.7 Å². The average Bonchev–Trinajstić information content (AvgIpc) is 3.42. The smallest absolute Gasteiger partial charge is 0.342 e. The predicted molar refractivity (Wildman–Crippen MR) is 111 cm³/mol. The summed E-state index contributed by atoms with van der Waals surface area (Å²) in [4.78, 5) is 22.7. The Hall–Kier alpha value is -2.91. The van der Waals surface area contributed by atoms with E-state index >= 15 is 0 Å². The van der Waals surface area contributed by atoms with Gasteiger partial charge in [-0.1, -0.05) is 19.0 Å². The van der Waals surface area contributed by atoms with Gasteiger partial charge in [0.15, 0.2) is 0 Å². The minimum atomic E-state index is -4.55. The number of fused-ring (bicyclic) bond motifs is 1. The van der Waals surface area contributed by atoms with E-state index in [4.69, 9.17) is 4.52 Å². The number of nitrogens with zero attached hydrogens (tertiary/aromatic N) is 5.